The predicted molar refractivity (Wildman–Crippen MR) is 132 cm³/mol. The lowest BCUT2D eigenvalue weighted by Gasteiger charge is -2.14. The van der Waals surface area contributed by atoms with E-state index in [1.54, 1.807) is 24.3 Å². The fourth-order valence-corrected chi connectivity index (χ4v) is 4.02. The molecule has 6 heteroatoms. The standard InChI is InChI=1S/C29H24O6/c1-34-26-16-20(30)11-13-24(26)28(32)22-9-5-3-7-18(22)15-19-8-4-6-10-23(19)29(33)25-14-12-21(31)17-27(25)35-2/h3-14,16-17,30-31H,15H2,1-2H3. The third-order valence-corrected chi connectivity index (χ3v) is 5.76. The fraction of sp³-hybridized carbons (Fsp3) is 0.103. The highest BCUT2D eigenvalue weighted by molar-refractivity contribution is 6.13. The van der Waals surface area contributed by atoms with Gasteiger partial charge >= 0.3 is 0 Å². The van der Waals surface area contributed by atoms with Gasteiger partial charge in [0, 0.05) is 23.3 Å². The zero-order valence-electron chi connectivity index (χ0n) is 19.3. The Bertz CT molecular complexity index is 1300. The molecule has 0 unspecified atom stereocenters. The number of benzene rings is 4. The normalized spacial score (nSPS) is 10.6. The fourth-order valence-electron chi connectivity index (χ4n) is 4.02. The van der Waals surface area contributed by atoms with Crippen LogP contribution >= 0.6 is 0 Å². The summed E-state index contributed by atoms with van der Waals surface area (Å²) in [6.07, 6.45) is 0.338. The van der Waals surface area contributed by atoms with Crippen LogP contribution in [-0.2, 0) is 6.42 Å². The Balaban J connectivity index is 1.73. The van der Waals surface area contributed by atoms with Crippen molar-refractivity contribution in [3.05, 3.63) is 118 Å². The molecule has 0 saturated carbocycles. The van der Waals surface area contributed by atoms with E-state index in [4.69, 9.17) is 9.47 Å². The molecule has 0 spiro atoms. The molecule has 0 amide bonds. The smallest absolute Gasteiger partial charge is 0.197 e. The van der Waals surface area contributed by atoms with Crippen LogP contribution in [0.25, 0.3) is 0 Å². The van der Waals surface area contributed by atoms with Crippen molar-refractivity contribution >= 4 is 11.6 Å². The molecule has 0 saturated heterocycles. The van der Waals surface area contributed by atoms with Crippen molar-refractivity contribution in [3.8, 4) is 23.0 Å². The molecule has 0 radical (unpaired) electrons. The van der Waals surface area contributed by atoms with E-state index in [1.807, 2.05) is 24.3 Å². The van der Waals surface area contributed by atoms with Crippen LogP contribution in [-0.4, -0.2) is 36.0 Å². The summed E-state index contributed by atoms with van der Waals surface area (Å²) in [6, 6.07) is 23.1. The van der Waals surface area contributed by atoms with Gasteiger partial charge in [-0.2, -0.15) is 0 Å². The Morgan fingerprint density at radius 1 is 0.600 bits per heavy atom. The number of hydrogen-bond donors (Lipinski definition) is 2. The molecule has 35 heavy (non-hydrogen) atoms. The second-order valence-electron chi connectivity index (χ2n) is 7.92. The summed E-state index contributed by atoms with van der Waals surface area (Å²) in [4.78, 5) is 26.9. The third-order valence-electron chi connectivity index (χ3n) is 5.76. The van der Waals surface area contributed by atoms with Crippen molar-refractivity contribution in [2.45, 2.75) is 6.42 Å². The largest absolute Gasteiger partial charge is 0.508 e. The third kappa shape index (κ3) is 4.87. The second-order valence-corrected chi connectivity index (χ2v) is 7.92. The first-order chi connectivity index (χ1) is 16.9. The molecule has 0 bridgehead atoms. The van der Waals surface area contributed by atoms with Gasteiger partial charge in [-0.05, 0) is 41.8 Å². The van der Waals surface area contributed by atoms with Gasteiger partial charge in [-0.15, -0.1) is 0 Å². The van der Waals surface area contributed by atoms with Crippen molar-refractivity contribution in [1.29, 1.82) is 0 Å². The number of methoxy groups -OCH3 is 2. The van der Waals surface area contributed by atoms with Crippen LogP contribution in [0.4, 0.5) is 0 Å². The molecule has 4 rings (SSSR count). The van der Waals surface area contributed by atoms with Gasteiger partial charge in [0.05, 0.1) is 25.3 Å². The van der Waals surface area contributed by atoms with Crippen molar-refractivity contribution in [2.24, 2.45) is 0 Å². The van der Waals surface area contributed by atoms with Gasteiger partial charge < -0.3 is 19.7 Å². The van der Waals surface area contributed by atoms with Crippen molar-refractivity contribution < 1.29 is 29.3 Å². The number of ketones is 2. The first kappa shape index (κ1) is 23.6. The van der Waals surface area contributed by atoms with Crippen molar-refractivity contribution in [3.63, 3.8) is 0 Å². The number of carbonyl (C=O) groups excluding carboxylic acids is 2. The van der Waals surface area contributed by atoms with Gasteiger partial charge in [0.1, 0.15) is 23.0 Å². The molecule has 0 fully saturated rings. The average molecular weight is 469 g/mol. The first-order valence-corrected chi connectivity index (χ1v) is 10.9. The number of ether oxygens (including phenoxy) is 2. The summed E-state index contributed by atoms with van der Waals surface area (Å²) in [5, 5.41) is 19.5. The molecular weight excluding hydrogens is 444 g/mol. The maximum Gasteiger partial charge on any atom is 0.197 e. The zero-order valence-corrected chi connectivity index (χ0v) is 19.3. The van der Waals surface area contributed by atoms with Crippen LogP contribution in [0.15, 0.2) is 84.9 Å². The molecule has 4 aromatic rings. The lowest BCUT2D eigenvalue weighted by molar-refractivity contribution is 0.102. The van der Waals surface area contributed by atoms with Gasteiger partial charge in [0.15, 0.2) is 11.6 Å². The van der Waals surface area contributed by atoms with Gasteiger partial charge in [-0.25, -0.2) is 0 Å². The van der Waals surface area contributed by atoms with E-state index >= 15 is 0 Å². The van der Waals surface area contributed by atoms with Gasteiger partial charge in [-0.3, -0.25) is 9.59 Å². The number of hydrogen-bond acceptors (Lipinski definition) is 6. The molecular formula is C29H24O6. The minimum atomic E-state index is -0.249. The monoisotopic (exact) mass is 468 g/mol. The van der Waals surface area contributed by atoms with Crippen molar-refractivity contribution in [2.75, 3.05) is 14.2 Å². The Morgan fingerprint density at radius 3 is 1.40 bits per heavy atom. The van der Waals surface area contributed by atoms with Crippen LogP contribution in [0, 0.1) is 0 Å². The Kier molecular flexibility index (Phi) is 6.83. The van der Waals surface area contributed by atoms with E-state index in [1.165, 1.54) is 50.6 Å². The van der Waals surface area contributed by atoms with Crippen LogP contribution in [0.5, 0.6) is 23.0 Å². The van der Waals surface area contributed by atoms with Crippen LogP contribution < -0.4 is 9.47 Å². The predicted octanol–water partition coefficient (Wildman–Crippen LogP) is 5.17. The molecule has 0 aromatic heterocycles. The maximum absolute atomic E-state index is 13.4. The molecule has 2 N–H and O–H groups in total. The summed E-state index contributed by atoms with van der Waals surface area (Å²) in [7, 11) is 2.88. The summed E-state index contributed by atoms with van der Waals surface area (Å²) in [5.74, 6) is 0.0649. The Labute approximate surface area is 203 Å². The topological polar surface area (TPSA) is 93.1 Å². The highest BCUT2D eigenvalue weighted by atomic mass is 16.5. The number of aromatic hydroxyl groups is 2. The van der Waals surface area contributed by atoms with Crippen molar-refractivity contribution in [1.82, 2.24) is 0 Å². The highest BCUT2D eigenvalue weighted by Gasteiger charge is 2.21. The maximum atomic E-state index is 13.4. The number of phenolic OH excluding ortho intramolecular Hbond substituents is 2. The van der Waals surface area contributed by atoms with E-state index in [9.17, 15) is 19.8 Å². The summed E-state index contributed by atoms with van der Waals surface area (Å²) < 4.78 is 10.6. The number of phenols is 2. The van der Waals surface area contributed by atoms with Crippen LogP contribution in [0.2, 0.25) is 0 Å². The highest BCUT2D eigenvalue weighted by Crippen LogP contribution is 2.30. The molecule has 4 aromatic carbocycles. The van der Waals surface area contributed by atoms with E-state index in [2.05, 4.69) is 0 Å². The van der Waals surface area contributed by atoms with Gasteiger partial charge in [-0.1, -0.05) is 48.5 Å². The lowest BCUT2D eigenvalue weighted by Crippen LogP contribution is -2.10. The van der Waals surface area contributed by atoms with E-state index in [0.29, 0.717) is 28.7 Å². The van der Waals surface area contributed by atoms with E-state index in [-0.39, 0.29) is 34.6 Å². The molecule has 6 nitrogen and oxygen atoms in total. The minimum absolute atomic E-state index is 0.00350. The van der Waals surface area contributed by atoms with Crippen LogP contribution in [0.1, 0.15) is 43.0 Å². The SMILES string of the molecule is COc1cc(O)ccc1C(=O)c1ccccc1Cc1ccccc1C(=O)c1ccc(O)cc1OC. The molecule has 0 aliphatic rings. The Morgan fingerprint density at radius 2 is 1.00 bits per heavy atom. The average Bonchev–Trinajstić information content (AvgIpc) is 2.88. The molecule has 0 aliphatic heterocycles. The lowest BCUT2D eigenvalue weighted by atomic mass is 9.90. The summed E-state index contributed by atoms with van der Waals surface area (Å²) in [6.45, 7) is 0. The second kappa shape index (κ2) is 10.1. The number of rotatable bonds is 8. The van der Waals surface area contributed by atoms with E-state index in [0.717, 1.165) is 11.1 Å². The summed E-state index contributed by atoms with van der Waals surface area (Å²) >= 11 is 0. The van der Waals surface area contributed by atoms with E-state index < -0.39 is 0 Å². The van der Waals surface area contributed by atoms with Gasteiger partial charge in [0.2, 0.25) is 0 Å². The Hall–Kier alpha value is -4.58. The quantitative estimate of drug-likeness (QED) is 0.347. The minimum Gasteiger partial charge on any atom is -0.508 e. The molecule has 0 aliphatic carbocycles. The molecule has 0 atom stereocenters. The number of carbonyl (C=O) groups is 2. The first-order valence-electron chi connectivity index (χ1n) is 10.9. The van der Waals surface area contributed by atoms with Crippen LogP contribution in [0.3, 0.4) is 0 Å². The van der Waals surface area contributed by atoms with Gasteiger partial charge in [0.25, 0.3) is 0 Å². The summed E-state index contributed by atoms with van der Waals surface area (Å²) in [5.41, 5.74) is 3.09. The zero-order chi connectivity index (χ0) is 24.9. The molecule has 176 valence electrons. The molecule has 0 heterocycles.